The van der Waals surface area contributed by atoms with Crippen molar-refractivity contribution in [3.63, 3.8) is 0 Å². The number of hydrogen-bond acceptors (Lipinski definition) is 2. The fourth-order valence-electron chi connectivity index (χ4n) is 0.250. The molecule has 1 heterocycles. The summed E-state index contributed by atoms with van der Waals surface area (Å²) in [5.41, 5.74) is 2.71. The molecule has 31 valence electrons. The van der Waals surface area contributed by atoms with Gasteiger partial charge in [0.25, 0.3) is 0 Å². The minimum Gasteiger partial charge on any atom is -0.270 e. The smallest absolute Gasteiger partial charge is 0.128 e. The third-order valence-corrected chi connectivity index (χ3v) is 1.15. The summed E-state index contributed by atoms with van der Waals surface area (Å²) in [6.07, 6.45) is 0. The molecular formula is C4H4NS. The molecule has 1 rings (SSSR count). The molecule has 0 saturated carbocycles. The zero-order valence-corrected chi connectivity index (χ0v) is 4.09. The van der Waals surface area contributed by atoms with Crippen LogP contribution in [0.1, 0.15) is 0 Å². The van der Waals surface area contributed by atoms with E-state index in [2.05, 4.69) is 17.1 Å². The van der Waals surface area contributed by atoms with Crippen LogP contribution in [0, 0.1) is 0 Å². The summed E-state index contributed by atoms with van der Waals surface area (Å²) in [6.45, 7) is 4.43. The van der Waals surface area contributed by atoms with Gasteiger partial charge in [-0.2, -0.15) is 0 Å². The Labute approximate surface area is 41.2 Å². The maximum atomic E-state index is 3.78. The van der Waals surface area contributed by atoms with Crippen molar-refractivity contribution < 1.29 is 0 Å². The lowest BCUT2D eigenvalue weighted by Crippen LogP contribution is -1.65. The summed E-state index contributed by atoms with van der Waals surface area (Å²) in [6, 6.07) is 0. The summed E-state index contributed by atoms with van der Waals surface area (Å²) in [4.78, 5) is 4.87. The molecule has 0 aromatic rings. The van der Waals surface area contributed by atoms with E-state index in [0.717, 1.165) is 11.4 Å². The molecule has 1 aliphatic rings. The highest BCUT2D eigenvalue weighted by molar-refractivity contribution is 8.15. The summed E-state index contributed by atoms with van der Waals surface area (Å²) in [5.74, 6) is 0. The van der Waals surface area contributed by atoms with Crippen molar-refractivity contribution in [1.29, 1.82) is 0 Å². The molecule has 6 heavy (non-hydrogen) atoms. The van der Waals surface area contributed by atoms with Gasteiger partial charge in [0.05, 0.1) is 6.54 Å². The van der Waals surface area contributed by atoms with Gasteiger partial charge < -0.3 is 0 Å². The van der Waals surface area contributed by atoms with Crippen LogP contribution in [0.3, 0.4) is 0 Å². The Balaban J connectivity index is 2.52. The van der Waals surface area contributed by atoms with E-state index in [1.54, 1.807) is 0 Å². The van der Waals surface area contributed by atoms with Crippen molar-refractivity contribution in [3.8, 4) is 0 Å². The highest BCUT2D eigenvalue weighted by Crippen LogP contribution is 2.15. The molecule has 0 atom stereocenters. The molecule has 0 aliphatic carbocycles. The molecule has 0 amide bonds. The lowest BCUT2D eigenvalue weighted by atomic mass is 10.6. The van der Waals surface area contributed by atoms with E-state index >= 15 is 0 Å². The van der Waals surface area contributed by atoms with Gasteiger partial charge in [0.1, 0.15) is 5.55 Å². The molecule has 0 aromatic heterocycles. The monoisotopic (exact) mass is 98.0 g/mol. The second kappa shape index (κ2) is 1.47. The van der Waals surface area contributed by atoms with Crippen molar-refractivity contribution in [3.05, 3.63) is 11.5 Å². The first-order valence-electron chi connectivity index (χ1n) is 1.66. The third-order valence-electron chi connectivity index (χ3n) is 0.510. The normalized spacial score (nSPS) is 19.7. The molecule has 0 bridgehead atoms. The standard InChI is InChI=1S/C4H4NS/c1-4-2-5-3-6-4/h1-2H2. The molecule has 0 fully saturated rings. The van der Waals surface area contributed by atoms with Crippen LogP contribution in [0.25, 0.3) is 0 Å². The minimum absolute atomic E-state index is 0.769. The van der Waals surface area contributed by atoms with Gasteiger partial charge in [0.2, 0.25) is 0 Å². The Morgan fingerprint density at radius 3 is 3.00 bits per heavy atom. The van der Waals surface area contributed by atoms with Gasteiger partial charge in [0, 0.05) is 4.91 Å². The van der Waals surface area contributed by atoms with E-state index in [1.807, 2.05) is 0 Å². The first kappa shape index (κ1) is 3.93. The van der Waals surface area contributed by atoms with Gasteiger partial charge >= 0.3 is 0 Å². The number of hydrogen-bond donors (Lipinski definition) is 0. The molecule has 1 radical (unpaired) electrons. The lowest BCUT2D eigenvalue weighted by molar-refractivity contribution is 1.27. The van der Waals surface area contributed by atoms with Gasteiger partial charge in [-0.3, -0.25) is 4.99 Å². The maximum Gasteiger partial charge on any atom is 0.128 e. The Hall–Kier alpha value is -0.240. The van der Waals surface area contributed by atoms with Gasteiger partial charge in [-0.05, 0) is 0 Å². The van der Waals surface area contributed by atoms with Crippen LogP contribution >= 0.6 is 11.8 Å². The Bertz CT molecular complexity index is 85.7. The number of rotatable bonds is 0. The van der Waals surface area contributed by atoms with Gasteiger partial charge in [-0.1, -0.05) is 18.3 Å². The van der Waals surface area contributed by atoms with Crippen LogP contribution < -0.4 is 0 Å². The lowest BCUT2D eigenvalue weighted by Gasteiger charge is -1.77. The fourth-order valence-corrected chi connectivity index (χ4v) is 0.637. The molecule has 0 aromatic carbocycles. The molecular weight excluding hydrogens is 94.1 g/mol. The molecule has 0 N–H and O–H groups in total. The van der Waals surface area contributed by atoms with Crippen LogP contribution in [-0.4, -0.2) is 12.1 Å². The minimum atomic E-state index is 0.769. The van der Waals surface area contributed by atoms with Gasteiger partial charge in [0.15, 0.2) is 0 Å². The second-order valence-electron chi connectivity index (χ2n) is 1.05. The van der Waals surface area contributed by atoms with Crippen LogP contribution in [-0.2, 0) is 0 Å². The second-order valence-corrected chi connectivity index (χ2v) is 2.01. The number of nitrogens with zero attached hydrogens (tertiary/aromatic N) is 1. The topological polar surface area (TPSA) is 12.4 Å². The summed E-state index contributed by atoms with van der Waals surface area (Å²) in [7, 11) is 0. The van der Waals surface area contributed by atoms with Crippen molar-refractivity contribution in [2.45, 2.75) is 0 Å². The van der Waals surface area contributed by atoms with E-state index < -0.39 is 0 Å². The predicted octanol–water partition coefficient (Wildman–Crippen LogP) is 1.15. The Morgan fingerprint density at radius 2 is 2.83 bits per heavy atom. The van der Waals surface area contributed by atoms with Crippen molar-refractivity contribution in [1.82, 2.24) is 0 Å². The van der Waals surface area contributed by atoms with Crippen LogP contribution in [0.15, 0.2) is 16.5 Å². The fraction of sp³-hybridized carbons (Fsp3) is 0.250. The molecule has 1 nitrogen and oxygen atoms in total. The van der Waals surface area contributed by atoms with Crippen molar-refractivity contribution in [2.75, 3.05) is 6.54 Å². The van der Waals surface area contributed by atoms with E-state index in [1.165, 1.54) is 11.8 Å². The zero-order chi connectivity index (χ0) is 4.41. The highest BCUT2D eigenvalue weighted by atomic mass is 32.2. The SMILES string of the molecule is C=C1CN=[C]S1. The maximum absolute atomic E-state index is 3.78. The number of thioether (sulfide) groups is 1. The Morgan fingerprint density at radius 1 is 2.00 bits per heavy atom. The van der Waals surface area contributed by atoms with Gasteiger partial charge in [-0.25, -0.2) is 0 Å². The molecule has 1 aliphatic heterocycles. The third kappa shape index (κ3) is 0.627. The van der Waals surface area contributed by atoms with Crippen LogP contribution in [0.4, 0.5) is 0 Å². The summed E-state index contributed by atoms with van der Waals surface area (Å²) in [5, 5.41) is 0. The molecule has 0 unspecified atom stereocenters. The number of aliphatic imine (C=N–C) groups is 1. The summed E-state index contributed by atoms with van der Waals surface area (Å²) < 4.78 is 0. The van der Waals surface area contributed by atoms with E-state index in [4.69, 9.17) is 0 Å². The molecule has 2 heteroatoms. The molecule has 0 spiro atoms. The van der Waals surface area contributed by atoms with Crippen molar-refractivity contribution in [2.24, 2.45) is 4.99 Å². The van der Waals surface area contributed by atoms with E-state index in [-0.39, 0.29) is 0 Å². The van der Waals surface area contributed by atoms with Crippen LogP contribution in [0.5, 0.6) is 0 Å². The van der Waals surface area contributed by atoms with Crippen LogP contribution in [0.2, 0.25) is 0 Å². The van der Waals surface area contributed by atoms with E-state index in [9.17, 15) is 0 Å². The van der Waals surface area contributed by atoms with Crippen molar-refractivity contribution >= 4 is 17.3 Å². The Kier molecular flexibility index (Phi) is 0.965. The quantitative estimate of drug-likeness (QED) is 0.442. The first-order chi connectivity index (χ1) is 2.89. The van der Waals surface area contributed by atoms with E-state index in [0.29, 0.717) is 0 Å². The van der Waals surface area contributed by atoms with Gasteiger partial charge in [-0.15, -0.1) is 0 Å². The average Bonchev–Trinajstić information content (AvgIpc) is 1.86. The highest BCUT2D eigenvalue weighted by Gasteiger charge is 1.95. The average molecular weight is 98.1 g/mol. The summed E-state index contributed by atoms with van der Waals surface area (Å²) >= 11 is 1.49. The predicted molar refractivity (Wildman–Crippen MR) is 29.0 cm³/mol. The first-order valence-corrected chi connectivity index (χ1v) is 2.47. The largest absolute Gasteiger partial charge is 0.270 e. The molecule has 0 saturated heterocycles. The zero-order valence-electron chi connectivity index (χ0n) is 3.27.